The van der Waals surface area contributed by atoms with Crippen molar-refractivity contribution in [2.75, 3.05) is 31.7 Å². The molecular weight excluding hydrogens is 356 g/mol. The zero-order chi connectivity index (χ0) is 19.1. The van der Waals surface area contributed by atoms with Crippen LogP contribution in [0.3, 0.4) is 0 Å². The van der Waals surface area contributed by atoms with E-state index < -0.39 is 0 Å². The molecule has 2 heterocycles. The second kappa shape index (κ2) is 9.49. The maximum absolute atomic E-state index is 13.1. The van der Waals surface area contributed by atoms with Crippen LogP contribution in [0.4, 0.5) is 5.69 Å². The van der Waals surface area contributed by atoms with Gasteiger partial charge in [0.05, 0.1) is 12.1 Å². The van der Waals surface area contributed by atoms with E-state index in [0.29, 0.717) is 18.9 Å². The van der Waals surface area contributed by atoms with E-state index >= 15 is 0 Å². The van der Waals surface area contributed by atoms with Crippen molar-refractivity contribution in [2.24, 2.45) is 0 Å². The van der Waals surface area contributed by atoms with Crippen LogP contribution in [0.25, 0.3) is 0 Å². The minimum atomic E-state index is -0.188. The third-order valence-electron chi connectivity index (χ3n) is 5.51. The van der Waals surface area contributed by atoms with Crippen LogP contribution in [0.15, 0.2) is 47.8 Å². The molecule has 0 spiro atoms. The summed E-state index contributed by atoms with van der Waals surface area (Å²) in [5, 5.41) is 5.60. The van der Waals surface area contributed by atoms with Gasteiger partial charge in [-0.3, -0.25) is 4.79 Å². The molecular formula is C22H30N2O2S. The van der Waals surface area contributed by atoms with Crippen LogP contribution in [0.2, 0.25) is 0 Å². The maximum Gasteiger partial charge on any atom is 0.227 e. The van der Waals surface area contributed by atoms with Gasteiger partial charge in [0.1, 0.15) is 0 Å². The van der Waals surface area contributed by atoms with Crippen LogP contribution in [0, 0.1) is 0 Å². The lowest BCUT2D eigenvalue weighted by Gasteiger charge is -2.48. The summed E-state index contributed by atoms with van der Waals surface area (Å²) in [6, 6.07) is 14.5. The summed E-state index contributed by atoms with van der Waals surface area (Å²) in [7, 11) is 1.77. The van der Waals surface area contributed by atoms with Gasteiger partial charge >= 0.3 is 0 Å². The Morgan fingerprint density at radius 1 is 1.22 bits per heavy atom. The van der Waals surface area contributed by atoms with Crippen molar-refractivity contribution in [3.63, 3.8) is 0 Å². The maximum atomic E-state index is 13.1. The second-order valence-corrected chi connectivity index (χ2v) is 8.24. The van der Waals surface area contributed by atoms with Crippen molar-refractivity contribution in [1.29, 1.82) is 0 Å². The predicted molar refractivity (Wildman–Crippen MR) is 113 cm³/mol. The third kappa shape index (κ3) is 4.60. The number of piperidine rings is 1. The van der Waals surface area contributed by atoms with Gasteiger partial charge in [0, 0.05) is 30.0 Å². The second-order valence-electron chi connectivity index (χ2n) is 7.26. The molecule has 5 heteroatoms. The minimum absolute atomic E-state index is 0.188. The largest absolute Gasteiger partial charge is 0.384 e. The first-order valence-electron chi connectivity index (χ1n) is 9.81. The Hall–Kier alpha value is -1.69. The van der Waals surface area contributed by atoms with E-state index in [4.69, 9.17) is 4.74 Å². The average Bonchev–Trinajstić information content (AvgIpc) is 3.24. The van der Waals surface area contributed by atoms with E-state index in [1.807, 2.05) is 25.1 Å². The van der Waals surface area contributed by atoms with Gasteiger partial charge in [-0.15, -0.1) is 11.3 Å². The minimum Gasteiger partial charge on any atom is -0.384 e. The van der Waals surface area contributed by atoms with Crippen molar-refractivity contribution in [3.05, 3.63) is 52.7 Å². The fraction of sp³-hybridized carbons (Fsp3) is 0.500. The number of nitrogens with one attached hydrogen (secondary N) is 1. The summed E-state index contributed by atoms with van der Waals surface area (Å²) in [6.07, 6.45) is 3.35. The van der Waals surface area contributed by atoms with E-state index in [2.05, 4.69) is 39.9 Å². The highest BCUT2D eigenvalue weighted by atomic mass is 32.1. The summed E-state index contributed by atoms with van der Waals surface area (Å²) < 4.78 is 5.57. The van der Waals surface area contributed by atoms with Crippen molar-refractivity contribution >= 4 is 22.9 Å². The highest BCUT2D eigenvalue weighted by Gasteiger charge is 2.43. The Morgan fingerprint density at radius 2 is 1.96 bits per heavy atom. The molecule has 146 valence electrons. The van der Waals surface area contributed by atoms with Crippen molar-refractivity contribution in [3.8, 4) is 0 Å². The number of anilines is 1. The number of hydrogen-bond donors (Lipinski definition) is 1. The van der Waals surface area contributed by atoms with Gasteiger partial charge in [-0.25, -0.2) is 0 Å². The predicted octanol–water partition coefficient (Wildman–Crippen LogP) is 4.43. The molecule has 1 N–H and O–H groups in total. The monoisotopic (exact) mass is 386 g/mol. The normalized spacial score (nSPS) is 17.4. The number of thiophene rings is 1. The van der Waals surface area contributed by atoms with E-state index in [0.717, 1.165) is 38.0 Å². The topological polar surface area (TPSA) is 41.6 Å². The Morgan fingerprint density at radius 3 is 2.56 bits per heavy atom. The van der Waals surface area contributed by atoms with Gasteiger partial charge in [0.2, 0.25) is 5.91 Å². The number of amides is 1. The molecule has 0 bridgehead atoms. The van der Waals surface area contributed by atoms with Crippen molar-refractivity contribution in [1.82, 2.24) is 5.32 Å². The van der Waals surface area contributed by atoms with E-state index in [9.17, 15) is 4.79 Å². The lowest BCUT2D eigenvalue weighted by Crippen LogP contribution is -2.58. The molecule has 3 rings (SSSR count). The molecule has 1 aliphatic rings. The molecule has 1 fully saturated rings. The first-order valence-corrected chi connectivity index (χ1v) is 10.7. The first-order chi connectivity index (χ1) is 13.2. The average molecular weight is 387 g/mol. The number of hydrogen-bond acceptors (Lipinski definition) is 4. The van der Waals surface area contributed by atoms with E-state index in [1.54, 1.807) is 18.4 Å². The van der Waals surface area contributed by atoms with Crippen LogP contribution in [0.1, 0.15) is 43.4 Å². The first kappa shape index (κ1) is 20.1. The summed E-state index contributed by atoms with van der Waals surface area (Å²) in [5.41, 5.74) is 0.820. The molecule has 0 radical (unpaired) electrons. The summed E-state index contributed by atoms with van der Waals surface area (Å²) in [5.74, 6) is 0.495. The fourth-order valence-corrected chi connectivity index (χ4v) is 5.07. The van der Waals surface area contributed by atoms with Crippen LogP contribution in [-0.4, -0.2) is 38.3 Å². The van der Waals surface area contributed by atoms with E-state index in [-0.39, 0.29) is 11.4 Å². The Labute approximate surface area is 166 Å². The lowest BCUT2D eigenvalue weighted by atomic mass is 9.77. The molecule has 1 amide bonds. The van der Waals surface area contributed by atoms with Crippen molar-refractivity contribution < 1.29 is 9.53 Å². The zero-order valence-electron chi connectivity index (χ0n) is 16.3. The number of rotatable bonds is 8. The smallest absolute Gasteiger partial charge is 0.227 e. The highest BCUT2D eigenvalue weighted by molar-refractivity contribution is 7.10. The standard InChI is InChI=1S/C22H30N2O2S/c1-3-21(25)24(19-8-5-4-6-9-19)22(11-13-23-14-12-22)16-18(17-26-2)20-10-7-15-27-20/h4-10,15,18,23H,3,11-14,16-17H2,1-2H3. The number of benzene rings is 1. The van der Waals surface area contributed by atoms with E-state index in [1.165, 1.54) is 4.88 Å². The van der Waals surface area contributed by atoms with Crippen LogP contribution in [-0.2, 0) is 9.53 Å². The van der Waals surface area contributed by atoms with Crippen LogP contribution < -0.4 is 10.2 Å². The van der Waals surface area contributed by atoms with Crippen LogP contribution in [0.5, 0.6) is 0 Å². The number of carbonyl (C=O) groups is 1. The number of ether oxygens (including phenoxy) is 1. The number of para-hydroxylation sites is 1. The molecule has 1 saturated heterocycles. The zero-order valence-corrected chi connectivity index (χ0v) is 17.1. The Kier molecular flexibility index (Phi) is 7.05. The quantitative estimate of drug-likeness (QED) is 0.729. The third-order valence-corrected chi connectivity index (χ3v) is 6.55. The summed E-state index contributed by atoms with van der Waals surface area (Å²) in [6.45, 7) is 4.51. The van der Waals surface area contributed by atoms with Gasteiger partial charge in [0.15, 0.2) is 0 Å². The van der Waals surface area contributed by atoms with Gasteiger partial charge in [-0.1, -0.05) is 31.2 Å². The molecule has 1 atom stereocenters. The molecule has 0 aliphatic carbocycles. The molecule has 4 nitrogen and oxygen atoms in total. The number of nitrogens with zero attached hydrogens (tertiary/aromatic N) is 1. The molecule has 1 aromatic heterocycles. The lowest BCUT2D eigenvalue weighted by molar-refractivity contribution is -0.120. The molecule has 1 aliphatic heterocycles. The van der Waals surface area contributed by atoms with Gasteiger partial charge in [-0.2, -0.15) is 0 Å². The van der Waals surface area contributed by atoms with Gasteiger partial charge in [0.25, 0.3) is 0 Å². The SMILES string of the molecule is CCC(=O)N(c1ccccc1)C1(CC(COC)c2cccs2)CCNCC1. The fourth-order valence-electron chi connectivity index (χ4n) is 4.25. The summed E-state index contributed by atoms with van der Waals surface area (Å²) in [4.78, 5) is 16.6. The Bertz CT molecular complexity index is 696. The van der Waals surface area contributed by atoms with Crippen molar-refractivity contribution in [2.45, 2.75) is 44.1 Å². The van der Waals surface area contributed by atoms with Gasteiger partial charge in [-0.05, 0) is 55.9 Å². The van der Waals surface area contributed by atoms with Crippen LogP contribution >= 0.6 is 11.3 Å². The molecule has 1 aromatic carbocycles. The molecule has 1 unspecified atom stereocenters. The summed E-state index contributed by atoms with van der Waals surface area (Å²) >= 11 is 1.78. The molecule has 0 saturated carbocycles. The number of methoxy groups -OCH3 is 1. The van der Waals surface area contributed by atoms with Gasteiger partial charge < -0.3 is 15.0 Å². The number of carbonyl (C=O) groups excluding carboxylic acids is 1. The molecule has 2 aromatic rings. The Balaban J connectivity index is 2.00. The highest BCUT2D eigenvalue weighted by Crippen LogP contribution is 2.40. The molecule has 27 heavy (non-hydrogen) atoms.